The van der Waals surface area contributed by atoms with Gasteiger partial charge in [-0.25, -0.2) is 0 Å². The van der Waals surface area contributed by atoms with Crippen LogP contribution in [0.3, 0.4) is 0 Å². The Morgan fingerprint density at radius 1 is 1.54 bits per heavy atom. The molecule has 0 unspecified atom stereocenters. The highest BCUT2D eigenvalue weighted by atomic mass is 32.2. The Balaban J connectivity index is 3.11. The van der Waals surface area contributed by atoms with E-state index in [1.807, 2.05) is 6.26 Å². The number of methoxy groups -OCH3 is 1. The van der Waals surface area contributed by atoms with Crippen molar-refractivity contribution < 1.29 is 9.84 Å². The maximum Gasteiger partial charge on any atom is 0.125 e. The Labute approximate surface area is 86.9 Å². The minimum absolute atomic E-state index is 0.195. The van der Waals surface area contributed by atoms with Crippen LogP contribution in [-0.2, 0) is 0 Å². The zero-order chi connectivity index (χ0) is 9.84. The van der Waals surface area contributed by atoms with Crippen molar-refractivity contribution in [1.29, 1.82) is 0 Å². The van der Waals surface area contributed by atoms with Crippen molar-refractivity contribution in [3.8, 4) is 11.5 Å². The lowest BCUT2D eigenvalue weighted by atomic mass is 10.2. The number of benzene rings is 1. The highest BCUT2D eigenvalue weighted by Crippen LogP contribution is 2.26. The molecular formula is C9H10O2S2. The summed E-state index contributed by atoms with van der Waals surface area (Å²) in [6.45, 7) is 0. The highest BCUT2D eigenvalue weighted by molar-refractivity contribution is 8.23. The molecule has 70 valence electrons. The molecule has 0 heterocycles. The van der Waals surface area contributed by atoms with Crippen molar-refractivity contribution >= 4 is 28.2 Å². The van der Waals surface area contributed by atoms with Gasteiger partial charge in [0.05, 0.1) is 11.3 Å². The van der Waals surface area contributed by atoms with E-state index in [-0.39, 0.29) is 5.75 Å². The second-order valence-corrected chi connectivity index (χ2v) is 3.86. The smallest absolute Gasteiger partial charge is 0.125 e. The molecule has 0 aromatic heterocycles. The fraction of sp³-hybridized carbons (Fsp3) is 0.222. The number of thioether (sulfide) groups is 1. The second kappa shape index (κ2) is 4.48. The van der Waals surface area contributed by atoms with E-state index < -0.39 is 0 Å². The minimum atomic E-state index is 0.195. The van der Waals surface area contributed by atoms with E-state index in [4.69, 9.17) is 17.0 Å². The fourth-order valence-corrected chi connectivity index (χ4v) is 1.46. The van der Waals surface area contributed by atoms with Crippen LogP contribution in [0.2, 0.25) is 0 Å². The van der Waals surface area contributed by atoms with Gasteiger partial charge < -0.3 is 9.84 Å². The molecule has 1 aromatic rings. The number of hydrogen-bond donors (Lipinski definition) is 1. The molecule has 0 fully saturated rings. The molecule has 1 rings (SSSR count). The van der Waals surface area contributed by atoms with Crippen LogP contribution in [0.25, 0.3) is 0 Å². The highest BCUT2D eigenvalue weighted by Gasteiger charge is 2.07. The van der Waals surface area contributed by atoms with Gasteiger partial charge in [-0.05, 0) is 24.5 Å². The third-order valence-corrected chi connectivity index (χ3v) is 2.92. The van der Waals surface area contributed by atoms with Crippen LogP contribution in [0.4, 0.5) is 0 Å². The molecule has 0 radical (unpaired) electrons. The van der Waals surface area contributed by atoms with Crippen molar-refractivity contribution in [2.75, 3.05) is 13.4 Å². The van der Waals surface area contributed by atoms with Crippen molar-refractivity contribution in [1.82, 2.24) is 0 Å². The summed E-state index contributed by atoms with van der Waals surface area (Å²) < 4.78 is 5.69. The number of thiocarbonyl (C=S) groups is 1. The van der Waals surface area contributed by atoms with Gasteiger partial charge in [0.1, 0.15) is 11.5 Å². The van der Waals surface area contributed by atoms with E-state index in [1.165, 1.54) is 11.8 Å². The zero-order valence-corrected chi connectivity index (χ0v) is 9.04. The number of aromatic hydroxyl groups is 1. The Hall–Kier alpha value is -0.740. The molecule has 4 heteroatoms. The van der Waals surface area contributed by atoms with Gasteiger partial charge in [0.25, 0.3) is 0 Å². The first-order chi connectivity index (χ1) is 6.19. The standard InChI is InChI=1S/C9H10O2S2/c1-11-6-3-4-8(10)7(5-6)9(12)13-2/h3-5,10H,1-2H3. The molecule has 0 saturated heterocycles. The Morgan fingerprint density at radius 3 is 2.77 bits per heavy atom. The largest absolute Gasteiger partial charge is 0.507 e. The summed E-state index contributed by atoms with van der Waals surface area (Å²) in [4.78, 5) is 0. The van der Waals surface area contributed by atoms with E-state index in [0.717, 1.165) is 0 Å². The maximum absolute atomic E-state index is 9.48. The summed E-state index contributed by atoms with van der Waals surface area (Å²) in [5, 5.41) is 9.48. The van der Waals surface area contributed by atoms with Crippen LogP contribution < -0.4 is 4.74 Å². The molecule has 2 nitrogen and oxygen atoms in total. The Morgan fingerprint density at radius 2 is 2.23 bits per heavy atom. The first-order valence-electron chi connectivity index (χ1n) is 3.64. The van der Waals surface area contributed by atoms with Crippen molar-refractivity contribution in [3.05, 3.63) is 23.8 Å². The van der Waals surface area contributed by atoms with Crippen molar-refractivity contribution in [2.24, 2.45) is 0 Å². The molecule has 0 aliphatic carbocycles. The molecular weight excluding hydrogens is 204 g/mol. The monoisotopic (exact) mass is 214 g/mol. The lowest BCUT2D eigenvalue weighted by molar-refractivity contribution is 0.412. The van der Waals surface area contributed by atoms with Crippen LogP contribution in [0.1, 0.15) is 5.56 Å². The molecule has 0 aliphatic rings. The molecule has 13 heavy (non-hydrogen) atoms. The van der Waals surface area contributed by atoms with Crippen LogP contribution in [0, 0.1) is 0 Å². The van der Waals surface area contributed by atoms with Gasteiger partial charge in [0.15, 0.2) is 0 Å². The maximum atomic E-state index is 9.48. The molecule has 0 saturated carbocycles. The van der Waals surface area contributed by atoms with E-state index in [2.05, 4.69) is 0 Å². The van der Waals surface area contributed by atoms with Gasteiger partial charge in [0.2, 0.25) is 0 Å². The van der Waals surface area contributed by atoms with Gasteiger partial charge in [-0.1, -0.05) is 12.2 Å². The average molecular weight is 214 g/mol. The van der Waals surface area contributed by atoms with E-state index in [0.29, 0.717) is 15.5 Å². The van der Waals surface area contributed by atoms with Crippen molar-refractivity contribution in [3.63, 3.8) is 0 Å². The lowest BCUT2D eigenvalue weighted by Crippen LogP contribution is -1.92. The average Bonchev–Trinajstić information content (AvgIpc) is 2.17. The first kappa shape index (κ1) is 10.3. The summed E-state index contributed by atoms with van der Waals surface area (Å²) in [6, 6.07) is 5.01. The van der Waals surface area contributed by atoms with Crippen LogP contribution in [0.5, 0.6) is 11.5 Å². The predicted molar refractivity (Wildman–Crippen MR) is 59.9 cm³/mol. The summed E-state index contributed by atoms with van der Waals surface area (Å²) in [5.41, 5.74) is 0.654. The molecule has 0 spiro atoms. The van der Waals surface area contributed by atoms with Crippen molar-refractivity contribution in [2.45, 2.75) is 0 Å². The van der Waals surface area contributed by atoms with Crippen LogP contribution in [0.15, 0.2) is 18.2 Å². The van der Waals surface area contributed by atoms with Gasteiger partial charge in [-0.3, -0.25) is 0 Å². The SMILES string of the molecule is COc1ccc(O)c(C(=S)SC)c1. The van der Waals surface area contributed by atoms with E-state index in [9.17, 15) is 5.11 Å². The predicted octanol–water partition coefficient (Wildman–Crippen LogP) is 2.44. The zero-order valence-electron chi connectivity index (χ0n) is 7.40. The third-order valence-electron chi connectivity index (χ3n) is 1.61. The summed E-state index contributed by atoms with van der Waals surface area (Å²) in [5.74, 6) is 0.893. The quantitative estimate of drug-likeness (QED) is 0.766. The van der Waals surface area contributed by atoms with E-state index in [1.54, 1.807) is 25.3 Å². The summed E-state index contributed by atoms with van der Waals surface area (Å²) in [6.07, 6.45) is 1.88. The first-order valence-corrected chi connectivity index (χ1v) is 5.27. The topological polar surface area (TPSA) is 29.5 Å². The third kappa shape index (κ3) is 2.35. The second-order valence-electron chi connectivity index (χ2n) is 2.37. The Bertz CT molecular complexity index is 323. The molecule has 0 aliphatic heterocycles. The fourth-order valence-electron chi connectivity index (χ4n) is 0.916. The Kier molecular flexibility index (Phi) is 3.57. The number of hydrogen-bond acceptors (Lipinski definition) is 4. The number of rotatable bonds is 2. The number of phenolic OH excluding ortho intramolecular Hbond substituents is 1. The van der Waals surface area contributed by atoms with Gasteiger partial charge in [-0.2, -0.15) is 0 Å². The van der Waals surface area contributed by atoms with E-state index >= 15 is 0 Å². The molecule has 0 atom stereocenters. The molecule has 0 amide bonds. The lowest BCUT2D eigenvalue weighted by Gasteiger charge is -2.06. The van der Waals surface area contributed by atoms with Gasteiger partial charge in [-0.15, -0.1) is 11.8 Å². The summed E-state index contributed by atoms with van der Waals surface area (Å²) >= 11 is 6.49. The van der Waals surface area contributed by atoms with Gasteiger partial charge >= 0.3 is 0 Å². The van der Waals surface area contributed by atoms with Crippen LogP contribution >= 0.6 is 24.0 Å². The minimum Gasteiger partial charge on any atom is -0.507 e. The number of ether oxygens (including phenoxy) is 1. The molecule has 1 N–H and O–H groups in total. The van der Waals surface area contributed by atoms with Crippen LogP contribution in [-0.4, -0.2) is 22.7 Å². The molecule has 1 aromatic carbocycles. The van der Waals surface area contributed by atoms with Gasteiger partial charge in [0, 0.05) is 5.56 Å². The molecule has 0 bridgehead atoms. The number of phenols is 1. The normalized spacial score (nSPS) is 9.69. The summed E-state index contributed by atoms with van der Waals surface area (Å²) in [7, 11) is 1.58.